The summed E-state index contributed by atoms with van der Waals surface area (Å²) in [4.78, 5) is 11.9. The smallest absolute Gasteiger partial charge is 0.265 e. The van der Waals surface area contributed by atoms with Crippen LogP contribution in [0.25, 0.3) is 0 Å². The van der Waals surface area contributed by atoms with Gasteiger partial charge in [0.25, 0.3) is 15.9 Å². The van der Waals surface area contributed by atoms with Crippen molar-refractivity contribution in [2.75, 3.05) is 4.72 Å². The molecule has 0 bridgehead atoms. The van der Waals surface area contributed by atoms with Gasteiger partial charge in [0, 0.05) is 6.54 Å². The molecule has 0 spiro atoms. The van der Waals surface area contributed by atoms with Crippen molar-refractivity contribution in [1.29, 1.82) is 0 Å². The van der Waals surface area contributed by atoms with Crippen molar-refractivity contribution in [2.24, 2.45) is 5.73 Å². The summed E-state index contributed by atoms with van der Waals surface area (Å²) in [5, 5.41) is 0. The lowest BCUT2D eigenvalue weighted by Gasteiger charge is -2.15. The van der Waals surface area contributed by atoms with E-state index in [-0.39, 0.29) is 34.7 Å². The van der Waals surface area contributed by atoms with Gasteiger partial charge in [-0.25, -0.2) is 12.8 Å². The second-order valence-corrected chi connectivity index (χ2v) is 8.69. The molecular formula is C21H22FN3O3S. The Bertz CT molecular complexity index is 1120. The Morgan fingerprint density at radius 2 is 1.66 bits per heavy atom. The van der Waals surface area contributed by atoms with Gasteiger partial charge < -0.3 is 10.3 Å². The number of sulfonamides is 1. The van der Waals surface area contributed by atoms with Crippen molar-refractivity contribution in [3.63, 3.8) is 0 Å². The van der Waals surface area contributed by atoms with E-state index in [2.05, 4.69) is 4.72 Å². The molecule has 0 aliphatic rings. The molecule has 0 saturated carbocycles. The lowest BCUT2D eigenvalue weighted by molar-refractivity contribution is 0.0992. The predicted molar refractivity (Wildman–Crippen MR) is 110 cm³/mol. The van der Waals surface area contributed by atoms with Crippen molar-refractivity contribution in [1.82, 2.24) is 4.57 Å². The summed E-state index contributed by atoms with van der Waals surface area (Å²) in [5.74, 6) is -0.608. The molecule has 8 heteroatoms. The van der Waals surface area contributed by atoms with E-state index in [1.807, 2.05) is 13.8 Å². The third kappa shape index (κ3) is 4.65. The molecule has 3 N–H and O–H groups in total. The normalized spacial score (nSPS) is 11.6. The second kappa shape index (κ2) is 8.08. The highest BCUT2D eigenvalue weighted by Crippen LogP contribution is 2.23. The SMILES string of the molecule is CC(C)c1ccc(S(=O)(=O)Nc2ccc(C(N)=O)n2Cc2ccc(F)cc2)cc1. The molecule has 152 valence electrons. The summed E-state index contributed by atoms with van der Waals surface area (Å²) >= 11 is 0. The number of primary amides is 1. The maximum absolute atomic E-state index is 13.2. The van der Waals surface area contributed by atoms with Gasteiger partial charge in [0.15, 0.2) is 0 Å². The Morgan fingerprint density at radius 1 is 1.03 bits per heavy atom. The standard InChI is InChI=1S/C21H22FN3O3S/c1-14(2)16-5-9-18(10-6-16)29(27,28)24-20-12-11-19(21(23)26)25(20)13-15-3-7-17(22)8-4-15/h3-12,14,24H,13H2,1-2H3,(H2,23,26). The van der Waals surface area contributed by atoms with Crippen LogP contribution in [0.4, 0.5) is 10.2 Å². The largest absolute Gasteiger partial charge is 0.364 e. The molecule has 1 heterocycles. The molecule has 0 saturated heterocycles. The predicted octanol–water partition coefficient (Wildman–Crippen LogP) is 3.70. The van der Waals surface area contributed by atoms with Gasteiger partial charge in [0.2, 0.25) is 0 Å². The van der Waals surface area contributed by atoms with Crippen molar-refractivity contribution < 1.29 is 17.6 Å². The van der Waals surface area contributed by atoms with E-state index in [0.29, 0.717) is 5.56 Å². The quantitative estimate of drug-likeness (QED) is 0.616. The number of hydrogen-bond donors (Lipinski definition) is 2. The fourth-order valence-corrected chi connectivity index (χ4v) is 4.01. The molecule has 0 aliphatic heterocycles. The summed E-state index contributed by atoms with van der Waals surface area (Å²) in [6.45, 7) is 4.20. The number of nitrogens with one attached hydrogen (secondary N) is 1. The van der Waals surface area contributed by atoms with Crippen LogP contribution in [-0.4, -0.2) is 18.9 Å². The molecule has 1 aromatic heterocycles. The van der Waals surface area contributed by atoms with Crippen LogP contribution in [0.5, 0.6) is 0 Å². The average molecular weight is 415 g/mol. The van der Waals surface area contributed by atoms with Crippen LogP contribution in [0.3, 0.4) is 0 Å². The van der Waals surface area contributed by atoms with Gasteiger partial charge in [-0.05, 0) is 53.4 Å². The average Bonchev–Trinajstić information content (AvgIpc) is 3.05. The summed E-state index contributed by atoms with van der Waals surface area (Å²) in [6, 6.07) is 15.3. The fourth-order valence-electron chi connectivity index (χ4n) is 2.94. The zero-order chi connectivity index (χ0) is 21.2. The topological polar surface area (TPSA) is 94.2 Å². The molecule has 1 amide bonds. The minimum Gasteiger partial charge on any atom is -0.364 e. The van der Waals surface area contributed by atoms with Gasteiger partial charge in [-0.2, -0.15) is 0 Å². The highest BCUT2D eigenvalue weighted by molar-refractivity contribution is 7.92. The molecule has 0 unspecified atom stereocenters. The number of carbonyl (C=O) groups excluding carboxylic acids is 1. The van der Waals surface area contributed by atoms with E-state index in [1.54, 1.807) is 36.4 Å². The molecule has 0 atom stereocenters. The number of halogens is 1. The third-order valence-corrected chi connectivity index (χ3v) is 5.95. The van der Waals surface area contributed by atoms with Gasteiger partial charge >= 0.3 is 0 Å². The Hall–Kier alpha value is -3.13. The minimum absolute atomic E-state index is 0.108. The zero-order valence-corrected chi connectivity index (χ0v) is 16.9. The van der Waals surface area contributed by atoms with Crippen LogP contribution in [0.1, 0.15) is 41.4 Å². The highest BCUT2D eigenvalue weighted by Gasteiger charge is 2.20. The molecule has 0 aliphatic carbocycles. The van der Waals surface area contributed by atoms with Gasteiger partial charge in [0.05, 0.1) is 4.90 Å². The Balaban J connectivity index is 1.93. The lowest BCUT2D eigenvalue weighted by Crippen LogP contribution is -2.21. The number of rotatable bonds is 7. The Morgan fingerprint density at radius 3 is 2.21 bits per heavy atom. The Labute approximate surface area is 169 Å². The van der Waals surface area contributed by atoms with Gasteiger partial charge in [0.1, 0.15) is 17.3 Å². The van der Waals surface area contributed by atoms with Crippen LogP contribution >= 0.6 is 0 Å². The third-order valence-electron chi connectivity index (χ3n) is 4.58. The molecule has 0 radical (unpaired) electrons. The lowest BCUT2D eigenvalue weighted by atomic mass is 10.0. The van der Waals surface area contributed by atoms with Crippen LogP contribution in [0, 0.1) is 5.82 Å². The number of anilines is 1. The maximum Gasteiger partial charge on any atom is 0.265 e. The van der Waals surface area contributed by atoms with Crippen LogP contribution < -0.4 is 10.5 Å². The van der Waals surface area contributed by atoms with Gasteiger partial charge in [-0.1, -0.05) is 38.1 Å². The second-order valence-electron chi connectivity index (χ2n) is 7.01. The first-order valence-electron chi connectivity index (χ1n) is 9.04. The monoisotopic (exact) mass is 415 g/mol. The number of nitrogens with two attached hydrogens (primary N) is 1. The van der Waals surface area contributed by atoms with Crippen molar-refractivity contribution in [2.45, 2.75) is 31.2 Å². The maximum atomic E-state index is 13.2. The number of aromatic nitrogens is 1. The highest BCUT2D eigenvalue weighted by atomic mass is 32.2. The molecule has 2 aromatic carbocycles. The van der Waals surface area contributed by atoms with Crippen LogP contribution in [-0.2, 0) is 16.6 Å². The number of amides is 1. The first kappa shape index (κ1) is 20.6. The zero-order valence-electron chi connectivity index (χ0n) is 16.1. The number of nitrogens with zero attached hydrogens (tertiary/aromatic N) is 1. The molecule has 29 heavy (non-hydrogen) atoms. The summed E-state index contributed by atoms with van der Waals surface area (Å²) in [6.07, 6.45) is 0. The van der Waals surface area contributed by atoms with Crippen LogP contribution in [0.15, 0.2) is 65.6 Å². The van der Waals surface area contributed by atoms with Crippen molar-refractivity contribution in [3.8, 4) is 0 Å². The van der Waals surface area contributed by atoms with Gasteiger partial charge in [-0.3, -0.25) is 9.52 Å². The first-order valence-corrected chi connectivity index (χ1v) is 10.5. The molecule has 3 aromatic rings. The van der Waals surface area contributed by atoms with E-state index < -0.39 is 15.9 Å². The van der Waals surface area contributed by atoms with Gasteiger partial charge in [-0.15, -0.1) is 0 Å². The van der Waals surface area contributed by atoms with E-state index in [9.17, 15) is 17.6 Å². The minimum atomic E-state index is -3.87. The van der Waals surface area contributed by atoms with E-state index in [0.717, 1.165) is 5.56 Å². The molecular weight excluding hydrogens is 393 g/mol. The summed E-state index contributed by atoms with van der Waals surface area (Å²) in [7, 11) is -3.87. The van der Waals surface area contributed by atoms with Crippen molar-refractivity contribution in [3.05, 3.63) is 83.3 Å². The number of benzene rings is 2. The van der Waals surface area contributed by atoms with E-state index in [1.165, 1.54) is 28.8 Å². The van der Waals surface area contributed by atoms with Crippen LogP contribution in [0.2, 0.25) is 0 Å². The molecule has 0 fully saturated rings. The van der Waals surface area contributed by atoms with Crippen molar-refractivity contribution >= 4 is 21.7 Å². The fraction of sp³-hybridized carbons (Fsp3) is 0.190. The summed E-state index contributed by atoms with van der Waals surface area (Å²) in [5.41, 5.74) is 7.28. The number of hydrogen-bond acceptors (Lipinski definition) is 3. The summed E-state index contributed by atoms with van der Waals surface area (Å²) < 4.78 is 42.8. The van der Waals surface area contributed by atoms with E-state index in [4.69, 9.17) is 5.73 Å². The molecule has 6 nitrogen and oxygen atoms in total. The first-order chi connectivity index (χ1) is 13.7. The molecule has 3 rings (SSSR count). The van der Waals surface area contributed by atoms with E-state index >= 15 is 0 Å². The Kier molecular flexibility index (Phi) is 5.74. The number of carbonyl (C=O) groups is 1.